The van der Waals surface area contributed by atoms with Crippen molar-refractivity contribution in [2.75, 3.05) is 0 Å². The zero-order valence-electron chi connectivity index (χ0n) is 10.7. The molecule has 16 heavy (non-hydrogen) atoms. The summed E-state index contributed by atoms with van der Waals surface area (Å²) in [5, 5.41) is 0. The van der Waals surface area contributed by atoms with Crippen LogP contribution < -0.4 is 0 Å². The molecule has 0 saturated heterocycles. The Labute approximate surface area is 98.9 Å². The molecule has 0 amide bonds. The van der Waals surface area contributed by atoms with Gasteiger partial charge in [0, 0.05) is 6.42 Å². The zero-order valence-corrected chi connectivity index (χ0v) is 10.7. The molecule has 1 rings (SSSR count). The Balaban J connectivity index is 2.80. The van der Waals surface area contributed by atoms with Crippen LogP contribution in [0.1, 0.15) is 46.5 Å². The molecule has 1 aliphatic rings. The summed E-state index contributed by atoms with van der Waals surface area (Å²) in [6.45, 7) is 10.3. The lowest BCUT2D eigenvalue weighted by atomic mass is 9.87. The van der Waals surface area contributed by atoms with Gasteiger partial charge in [-0.25, -0.2) is 4.39 Å². The SMILES string of the molecule is C=C1/C=C/[C@H](C(C)C)CC/C(C)=C(/F)CC1. The molecular formula is C15H23F. The summed E-state index contributed by atoms with van der Waals surface area (Å²) in [5.41, 5.74) is 1.96. The third-order valence-electron chi connectivity index (χ3n) is 3.42. The summed E-state index contributed by atoms with van der Waals surface area (Å²) in [4.78, 5) is 0. The van der Waals surface area contributed by atoms with E-state index in [4.69, 9.17) is 0 Å². The van der Waals surface area contributed by atoms with E-state index in [9.17, 15) is 4.39 Å². The Morgan fingerprint density at radius 2 is 2.00 bits per heavy atom. The van der Waals surface area contributed by atoms with Crippen molar-refractivity contribution in [3.8, 4) is 0 Å². The van der Waals surface area contributed by atoms with Crippen LogP contribution in [-0.4, -0.2) is 0 Å². The summed E-state index contributed by atoms with van der Waals surface area (Å²) in [6.07, 6.45) is 7.51. The second-order valence-electron chi connectivity index (χ2n) is 5.15. The predicted octanol–water partition coefficient (Wildman–Crippen LogP) is 5.19. The molecule has 0 bridgehead atoms. The summed E-state index contributed by atoms with van der Waals surface area (Å²) in [5.74, 6) is 1.22. The second-order valence-corrected chi connectivity index (χ2v) is 5.15. The molecule has 0 aromatic carbocycles. The van der Waals surface area contributed by atoms with Crippen LogP contribution in [0.2, 0.25) is 0 Å². The molecule has 0 spiro atoms. The molecule has 0 aromatic rings. The highest BCUT2D eigenvalue weighted by Gasteiger charge is 2.13. The van der Waals surface area contributed by atoms with E-state index < -0.39 is 0 Å². The Morgan fingerprint density at radius 1 is 1.31 bits per heavy atom. The lowest BCUT2D eigenvalue weighted by Crippen LogP contribution is -2.06. The first-order chi connectivity index (χ1) is 7.50. The van der Waals surface area contributed by atoms with Gasteiger partial charge in [0.15, 0.2) is 0 Å². The smallest absolute Gasteiger partial charge is 0.0992 e. The average Bonchev–Trinajstić information content (AvgIpc) is 2.23. The van der Waals surface area contributed by atoms with E-state index >= 15 is 0 Å². The minimum absolute atomic E-state index is 0.0685. The van der Waals surface area contributed by atoms with Gasteiger partial charge in [0.25, 0.3) is 0 Å². The summed E-state index contributed by atoms with van der Waals surface area (Å²) in [7, 11) is 0. The third-order valence-corrected chi connectivity index (χ3v) is 3.42. The standard InChI is InChI=1S/C15H23F/c1-11(2)14-8-5-12(3)6-10-15(16)13(4)7-9-14/h5,8,11,14H,3,6-7,9-10H2,1-2,4H3/b8-5+,15-13+/t14-/m0/s1. The number of hydrogen-bond donors (Lipinski definition) is 0. The fourth-order valence-corrected chi connectivity index (χ4v) is 2.00. The summed E-state index contributed by atoms with van der Waals surface area (Å²) >= 11 is 0. The van der Waals surface area contributed by atoms with Crippen LogP contribution in [0.5, 0.6) is 0 Å². The van der Waals surface area contributed by atoms with Gasteiger partial charge >= 0.3 is 0 Å². The molecule has 0 N–H and O–H groups in total. The molecule has 0 heterocycles. The minimum atomic E-state index is 0.0685. The van der Waals surface area contributed by atoms with Crippen molar-refractivity contribution < 1.29 is 4.39 Å². The van der Waals surface area contributed by atoms with Crippen LogP contribution in [0.4, 0.5) is 4.39 Å². The van der Waals surface area contributed by atoms with Gasteiger partial charge in [-0.15, -0.1) is 0 Å². The molecule has 0 aliphatic heterocycles. The van der Waals surface area contributed by atoms with Crippen molar-refractivity contribution in [3.63, 3.8) is 0 Å². The largest absolute Gasteiger partial charge is 0.212 e. The Kier molecular flexibility index (Phi) is 4.98. The van der Waals surface area contributed by atoms with Gasteiger partial charge in [-0.3, -0.25) is 0 Å². The Bertz CT molecular complexity index is 307. The van der Waals surface area contributed by atoms with Crippen LogP contribution in [0.15, 0.2) is 35.7 Å². The van der Waals surface area contributed by atoms with Gasteiger partial charge in [0.05, 0.1) is 5.83 Å². The maximum Gasteiger partial charge on any atom is 0.0992 e. The first-order valence-corrected chi connectivity index (χ1v) is 6.20. The Morgan fingerprint density at radius 3 is 2.62 bits per heavy atom. The highest BCUT2D eigenvalue weighted by molar-refractivity contribution is 5.19. The van der Waals surface area contributed by atoms with Crippen LogP contribution in [0, 0.1) is 11.8 Å². The van der Waals surface area contributed by atoms with Crippen LogP contribution in [0.25, 0.3) is 0 Å². The van der Waals surface area contributed by atoms with Crippen LogP contribution in [-0.2, 0) is 0 Å². The lowest BCUT2D eigenvalue weighted by Gasteiger charge is -2.18. The van der Waals surface area contributed by atoms with Gasteiger partial charge < -0.3 is 0 Å². The fourth-order valence-electron chi connectivity index (χ4n) is 2.00. The summed E-state index contributed by atoms with van der Waals surface area (Å²) < 4.78 is 13.6. The van der Waals surface area contributed by atoms with E-state index in [0.29, 0.717) is 18.3 Å². The highest BCUT2D eigenvalue weighted by Crippen LogP contribution is 2.27. The molecular weight excluding hydrogens is 199 g/mol. The molecule has 90 valence electrons. The molecule has 0 unspecified atom stereocenters. The van der Waals surface area contributed by atoms with Crippen molar-refractivity contribution in [3.05, 3.63) is 35.7 Å². The van der Waals surface area contributed by atoms with Crippen LogP contribution in [0.3, 0.4) is 0 Å². The van der Waals surface area contributed by atoms with Gasteiger partial charge in [-0.1, -0.05) is 38.2 Å². The fraction of sp³-hybridized carbons (Fsp3) is 0.600. The van der Waals surface area contributed by atoms with E-state index in [0.717, 1.165) is 30.4 Å². The van der Waals surface area contributed by atoms with E-state index in [2.05, 4.69) is 32.6 Å². The van der Waals surface area contributed by atoms with E-state index in [1.807, 2.05) is 6.92 Å². The topological polar surface area (TPSA) is 0 Å². The quantitative estimate of drug-likeness (QED) is 0.573. The van der Waals surface area contributed by atoms with E-state index in [1.165, 1.54) is 0 Å². The normalized spacial score (nSPS) is 30.6. The first-order valence-electron chi connectivity index (χ1n) is 6.20. The molecule has 0 radical (unpaired) electrons. The molecule has 1 heteroatoms. The maximum absolute atomic E-state index is 13.6. The molecule has 1 aliphatic carbocycles. The van der Waals surface area contributed by atoms with Crippen molar-refractivity contribution in [1.82, 2.24) is 0 Å². The third kappa shape index (κ3) is 3.96. The number of halogens is 1. The van der Waals surface area contributed by atoms with Crippen molar-refractivity contribution in [2.24, 2.45) is 11.8 Å². The van der Waals surface area contributed by atoms with E-state index in [1.54, 1.807) is 0 Å². The second kappa shape index (κ2) is 6.03. The van der Waals surface area contributed by atoms with Crippen molar-refractivity contribution >= 4 is 0 Å². The highest BCUT2D eigenvalue weighted by atomic mass is 19.1. The first kappa shape index (κ1) is 13.2. The average molecular weight is 222 g/mol. The monoisotopic (exact) mass is 222 g/mol. The van der Waals surface area contributed by atoms with Crippen molar-refractivity contribution in [1.29, 1.82) is 0 Å². The lowest BCUT2D eigenvalue weighted by molar-refractivity contribution is 0.430. The molecule has 0 nitrogen and oxygen atoms in total. The zero-order chi connectivity index (χ0) is 12.1. The van der Waals surface area contributed by atoms with Gasteiger partial charge in [0.2, 0.25) is 0 Å². The molecule has 0 fully saturated rings. The molecule has 1 atom stereocenters. The van der Waals surface area contributed by atoms with Gasteiger partial charge in [-0.2, -0.15) is 0 Å². The minimum Gasteiger partial charge on any atom is -0.212 e. The molecule has 0 saturated carbocycles. The van der Waals surface area contributed by atoms with Gasteiger partial charge in [-0.05, 0) is 43.6 Å². The predicted molar refractivity (Wildman–Crippen MR) is 68.9 cm³/mol. The number of allylic oxidation sites excluding steroid dienone is 5. The number of rotatable bonds is 1. The van der Waals surface area contributed by atoms with Crippen molar-refractivity contribution in [2.45, 2.75) is 46.5 Å². The van der Waals surface area contributed by atoms with E-state index in [-0.39, 0.29) is 5.83 Å². The summed E-state index contributed by atoms with van der Waals surface area (Å²) in [6, 6.07) is 0. The van der Waals surface area contributed by atoms with Gasteiger partial charge in [0.1, 0.15) is 0 Å². The Hall–Kier alpha value is -0.850. The van der Waals surface area contributed by atoms with Crippen LogP contribution >= 0.6 is 0 Å². The molecule has 0 aromatic heterocycles. The maximum atomic E-state index is 13.6. The number of hydrogen-bond acceptors (Lipinski definition) is 0.